The molecule has 0 unspecified atom stereocenters. The maximum Gasteiger partial charge on any atom is 0.260 e. The minimum Gasteiger partial charge on any atom is -0.488 e. The van der Waals surface area contributed by atoms with Crippen molar-refractivity contribution in [3.8, 4) is 11.6 Å². The van der Waals surface area contributed by atoms with Crippen LogP contribution in [0.2, 0.25) is 0 Å². The maximum absolute atomic E-state index is 12.3. The first-order valence-electron chi connectivity index (χ1n) is 9.39. The molecule has 7 nitrogen and oxygen atoms in total. The zero-order chi connectivity index (χ0) is 18.6. The molecule has 1 saturated heterocycles. The van der Waals surface area contributed by atoms with E-state index in [1.165, 1.54) is 18.4 Å². The minimum absolute atomic E-state index is 0.0177. The van der Waals surface area contributed by atoms with Gasteiger partial charge in [0.2, 0.25) is 5.88 Å². The molecule has 0 spiro atoms. The van der Waals surface area contributed by atoms with Gasteiger partial charge in [-0.3, -0.25) is 4.79 Å². The first-order chi connectivity index (χ1) is 13.2. The highest BCUT2D eigenvalue weighted by molar-refractivity contribution is 5.77. The van der Waals surface area contributed by atoms with E-state index in [-0.39, 0.29) is 18.6 Å². The van der Waals surface area contributed by atoms with E-state index in [1.54, 1.807) is 18.0 Å². The van der Waals surface area contributed by atoms with E-state index < -0.39 is 0 Å². The standard InChI is InChI=1S/C20H24N4O3/c1-23(13-16-12-15-6-2-3-7-17(15)27-16)20(25)14-26-19-9-8-18(21-22-19)24-10-4-5-11-24/h2-3,6-9,16H,4-5,10-14H2,1H3/t16-/m1/s1. The zero-order valence-corrected chi connectivity index (χ0v) is 15.5. The number of carbonyl (C=O) groups is 1. The van der Waals surface area contributed by atoms with Crippen molar-refractivity contribution < 1.29 is 14.3 Å². The van der Waals surface area contributed by atoms with Crippen LogP contribution in [0.5, 0.6) is 11.6 Å². The molecule has 0 radical (unpaired) electrons. The Balaban J connectivity index is 1.24. The molecular weight excluding hydrogens is 344 g/mol. The number of carbonyl (C=O) groups excluding carboxylic acids is 1. The second-order valence-electron chi connectivity index (χ2n) is 7.04. The van der Waals surface area contributed by atoms with Crippen LogP contribution in [-0.4, -0.2) is 60.4 Å². The van der Waals surface area contributed by atoms with Crippen molar-refractivity contribution in [3.05, 3.63) is 42.0 Å². The fourth-order valence-corrected chi connectivity index (χ4v) is 3.51. The average Bonchev–Trinajstić information content (AvgIpc) is 3.35. The van der Waals surface area contributed by atoms with Crippen molar-refractivity contribution in [1.82, 2.24) is 15.1 Å². The Hall–Kier alpha value is -2.83. The van der Waals surface area contributed by atoms with Gasteiger partial charge in [-0.25, -0.2) is 0 Å². The molecule has 142 valence electrons. The van der Waals surface area contributed by atoms with Crippen LogP contribution in [0.15, 0.2) is 36.4 Å². The fraction of sp³-hybridized carbons (Fsp3) is 0.450. The van der Waals surface area contributed by atoms with E-state index in [0.717, 1.165) is 31.1 Å². The monoisotopic (exact) mass is 368 g/mol. The molecule has 0 bridgehead atoms. The number of anilines is 1. The summed E-state index contributed by atoms with van der Waals surface area (Å²) >= 11 is 0. The molecule has 1 atom stereocenters. The van der Waals surface area contributed by atoms with Crippen molar-refractivity contribution in [2.75, 3.05) is 38.2 Å². The lowest BCUT2D eigenvalue weighted by Gasteiger charge is -2.21. The summed E-state index contributed by atoms with van der Waals surface area (Å²) in [6.45, 7) is 2.50. The van der Waals surface area contributed by atoms with Gasteiger partial charge in [0, 0.05) is 32.6 Å². The molecule has 1 aromatic heterocycles. The van der Waals surface area contributed by atoms with Crippen LogP contribution in [0, 0.1) is 0 Å². The normalized spacial score (nSPS) is 18.1. The summed E-state index contributed by atoms with van der Waals surface area (Å²) in [7, 11) is 1.76. The third-order valence-corrected chi connectivity index (χ3v) is 5.02. The van der Waals surface area contributed by atoms with Gasteiger partial charge in [-0.2, -0.15) is 0 Å². The van der Waals surface area contributed by atoms with Crippen LogP contribution in [0.4, 0.5) is 5.82 Å². The van der Waals surface area contributed by atoms with Gasteiger partial charge in [0.05, 0.1) is 6.54 Å². The smallest absolute Gasteiger partial charge is 0.260 e. The summed E-state index contributed by atoms with van der Waals surface area (Å²) < 4.78 is 11.4. The molecule has 7 heteroatoms. The second kappa shape index (κ2) is 7.82. The molecule has 0 saturated carbocycles. The minimum atomic E-state index is -0.111. The van der Waals surface area contributed by atoms with Gasteiger partial charge in [0.15, 0.2) is 12.4 Å². The first-order valence-corrected chi connectivity index (χ1v) is 9.39. The van der Waals surface area contributed by atoms with Crippen LogP contribution >= 0.6 is 0 Å². The van der Waals surface area contributed by atoms with Gasteiger partial charge in [0.25, 0.3) is 5.91 Å². The number of fused-ring (bicyclic) bond motifs is 1. The molecule has 0 N–H and O–H groups in total. The van der Waals surface area contributed by atoms with E-state index in [2.05, 4.69) is 21.2 Å². The third kappa shape index (κ3) is 4.13. The number of hydrogen-bond acceptors (Lipinski definition) is 6. The highest BCUT2D eigenvalue weighted by Crippen LogP contribution is 2.28. The van der Waals surface area contributed by atoms with Gasteiger partial charge in [-0.05, 0) is 30.5 Å². The summed E-state index contributed by atoms with van der Waals surface area (Å²) in [6.07, 6.45) is 3.18. The number of ether oxygens (including phenoxy) is 2. The Morgan fingerprint density at radius 1 is 1.22 bits per heavy atom. The number of likely N-dealkylation sites (N-methyl/N-ethyl adjacent to an activating group) is 1. The Morgan fingerprint density at radius 2 is 2.04 bits per heavy atom. The summed E-state index contributed by atoms with van der Waals surface area (Å²) in [5, 5.41) is 8.27. The van der Waals surface area contributed by atoms with Crippen LogP contribution in [0.25, 0.3) is 0 Å². The number of para-hydroxylation sites is 1. The van der Waals surface area contributed by atoms with E-state index in [9.17, 15) is 4.79 Å². The van der Waals surface area contributed by atoms with Gasteiger partial charge in [0.1, 0.15) is 11.9 Å². The molecule has 4 rings (SSSR count). The van der Waals surface area contributed by atoms with Crippen LogP contribution in [0.3, 0.4) is 0 Å². The quantitative estimate of drug-likeness (QED) is 0.776. The number of hydrogen-bond donors (Lipinski definition) is 0. The zero-order valence-electron chi connectivity index (χ0n) is 15.5. The van der Waals surface area contributed by atoms with Gasteiger partial charge < -0.3 is 19.3 Å². The second-order valence-corrected chi connectivity index (χ2v) is 7.04. The lowest BCUT2D eigenvalue weighted by Crippen LogP contribution is -2.38. The van der Waals surface area contributed by atoms with Crippen molar-refractivity contribution in [2.24, 2.45) is 0 Å². The topological polar surface area (TPSA) is 67.8 Å². The molecule has 27 heavy (non-hydrogen) atoms. The van der Waals surface area contributed by atoms with Crippen LogP contribution in [-0.2, 0) is 11.2 Å². The van der Waals surface area contributed by atoms with Crippen LogP contribution < -0.4 is 14.4 Å². The maximum atomic E-state index is 12.3. The highest BCUT2D eigenvalue weighted by Gasteiger charge is 2.25. The number of amides is 1. The van der Waals surface area contributed by atoms with Gasteiger partial charge >= 0.3 is 0 Å². The third-order valence-electron chi connectivity index (χ3n) is 5.02. The molecule has 2 aliphatic rings. The van der Waals surface area contributed by atoms with Crippen molar-refractivity contribution in [1.29, 1.82) is 0 Å². The highest BCUT2D eigenvalue weighted by atomic mass is 16.5. The van der Waals surface area contributed by atoms with Crippen LogP contribution in [0.1, 0.15) is 18.4 Å². The molecule has 1 fully saturated rings. The molecule has 3 heterocycles. The molecule has 1 amide bonds. The number of rotatable bonds is 6. The Bertz CT molecular complexity index is 765. The molecular formula is C20H24N4O3. The molecule has 2 aromatic rings. The lowest BCUT2D eigenvalue weighted by atomic mass is 10.1. The molecule has 1 aromatic carbocycles. The number of aromatic nitrogens is 2. The Morgan fingerprint density at radius 3 is 2.78 bits per heavy atom. The van der Waals surface area contributed by atoms with Gasteiger partial charge in [-0.15, -0.1) is 10.2 Å². The van der Waals surface area contributed by atoms with Crippen molar-refractivity contribution in [3.63, 3.8) is 0 Å². The largest absolute Gasteiger partial charge is 0.488 e. The summed E-state index contributed by atoms with van der Waals surface area (Å²) in [6, 6.07) is 11.6. The fourth-order valence-electron chi connectivity index (χ4n) is 3.51. The van der Waals surface area contributed by atoms with Gasteiger partial charge in [-0.1, -0.05) is 18.2 Å². The summed E-state index contributed by atoms with van der Waals surface area (Å²) in [5.41, 5.74) is 1.19. The molecule has 2 aliphatic heterocycles. The Kier molecular flexibility index (Phi) is 5.09. The van der Waals surface area contributed by atoms with E-state index in [1.807, 2.05) is 24.3 Å². The van der Waals surface area contributed by atoms with Crippen molar-refractivity contribution >= 4 is 11.7 Å². The Labute approximate surface area is 158 Å². The predicted octanol–water partition coefficient (Wildman–Crippen LogP) is 1.92. The summed E-state index contributed by atoms with van der Waals surface area (Å²) in [5.74, 6) is 2.03. The SMILES string of the molecule is CN(C[C@H]1Cc2ccccc2O1)C(=O)COc1ccc(N2CCCC2)nn1. The van der Waals surface area contributed by atoms with E-state index >= 15 is 0 Å². The first kappa shape index (κ1) is 17.6. The number of benzene rings is 1. The average molecular weight is 368 g/mol. The predicted molar refractivity (Wildman–Crippen MR) is 101 cm³/mol. The van der Waals surface area contributed by atoms with E-state index in [0.29, 0.717) is 12.4 Å². The number of nitrogens with zero attached hydrogens (tertiary/aromatic N) is 4. The molecule has 0 aliphatic carbocycles. The van der Waals surface area contributed by atoms with E-state index in [4.69, 9.17) is 9.47 Å². The summed E-state index contributed by atoms with van der Waals surface area (Å²) in [4.78, 5) is 16.2. The van der Waals surface area contributed by atoms with Crippen molar-refractivity contribution in [2.45, 2.75) is 25.4 Å². The lowest BCUT2D eigenvalue weighted by molar-refractivity contribution is -0.133.